The molecule has 0 amide bonds. The lowest BCUT2D eigenvalue weighted by atomic mass is 9.98. The SMILES string of the molecule is CCCC(C=C1CC1)C=C(CC(=O)O)C(=O)O. The van der Waals surface area contributed by atoms with Crippen LogP contribution in [-0.4, -0.2) is 22.2 Å². The third-order valence-electron chi connectivity index (χ3n) is 2.64. The molecule has 1 unspecified atom stereocenters. The summed E-state index contributed by atoms with van der Waals surface area (Å²) in [5, 5.41) is 17.6. The van der Waals surface area contributed by atoms with Gasteiger partial charge in [0.15, 0.2) is 0 Å². The molecule has 4 nitrogen and oxygen atoms in total. The van der Waals surface area contributed by atoms with E-state index < -0.39 is 18.4 Å². The molecule has 0 spiro atoms. The summed E-state index contributed by atoms with van der Waals surface area (Å²) in [6.45, 7) is 2.03. The van der Waals surface area contributed by atoms with Crippen molar-refractivity contribution in [2.75, 3.05) is 0 Å². The molecule has 0 saturated heterocycles. The van der Waals surface area contributed by atoms with E-state index in [4.69, 9.17) is 10.2 Å². The Hall–Kier alpha value is -1.58. The van der Waals surface area contributed by atoms with Gasteiger partial charge >= 0.3 is 11.9 Å². The maximum absolute atomic E-state index is 10.9. The molecule has 0 aromatic carbocycles. The molecule has 0 aromatic rings. The fraction of sp³-hybridized carbons (Fsp3) is 0.538. The molecule has 0 radical (unpaired) electrons. The van der Waals surface area contributed by atoms with Crippen molar-refractivity contribution >= 4 is 11.9 Å². The lowest BCUT2D eigenvalue weighted by Gasteiger charge is -2.07. The summed E-state index contributed by atoms with van der Waals surface area (Å²) in [5.74, 6) is -2.18. The van der Waals surface area contributed by atoms with Gasteiger partial charge in [-0.3, -0.25) is 4.79 Å². The van der Waals surface area contributed by atoms with Crippen LogP contribution in [0, 0.1) is 5.92 Å². The van der Waals surface area contributed by atoms with Gasteiger partial charge in [-0.15, -0.1) is 0 Å². The zero-order valence-electron chi connectivity index (χ0n) is 9.98. The number of hydrogen-bond acceptors (Lipinski definition) is 2. The van der Waals surface area contributed by atoms with Gasteiger partial charge in [-0.2, -0.15) is 0 Å². The number of carboxylic acids is 2. The average molecular weight is 238 g/mol. The molecule has 1 saturated carbocycles. The number of hydrogen-bond donors (Lipinski definition) is 2. The van der Waals surface area contributed by atoms with Crippen LogP contribution in [0.1, 0.15) is 39.0 Å². The number of aliphatic carboxylic acids is 2. The molecule has 2 N–H and O–H groups in total. The largest absolute Gasteiger partial charge is 0.481 e. The highest BCUT2D eigenvalue weighted by Crippen LogP contribution is 2.31. The van der Waals surface area contributed by atoms with Crippen LogP contribution in [0.2, 0.25) is 0 Å². The predicted molar refractivity (Wildman–Crippen MR) is 63.7 cm³/mol. The van der Waals surface area contributed by atoms with Gasteiger partial charge in [-0.25, -0.2) is 4.79 Å². The van der Waals surface area contributed by atoms with Crippen molar-refractivity contribution in [2.45, 2.75) is 39.0 Å². The summed E-state index contributed by atoms with van der Waals surface area (Å²) in [6, 6.07) is 0. The molecule has 17 heavy (non-hydrogen) atoms. The van der Waals surface area contributed by atoms with Gasteiger partial charge < -0.3 is 10.2 Å². The molecule has 94 valence electrons. The number of rotatable bonds is 7. The maximum Gasteiger partial charge on any atom is 0.331 e. The summed E-state index contributed by atoms with van der Waals surface area (Å²) in [7, 11) is 0. The van der Waals surface area contributed by atoms with E-state index in [9.17, 15) is 9.59 Å². The molecule has 4 heteroatoms. The van der Waals surface area contributed by atoms with Gasteiger partial charge in [-0.05, 0) is 25.2 Å². The summed E-state index contributed by atoms with van der Waals surface area (Å²) in [4.78, 5) is 21.5. The number of allylic oxidation sites excluding steroid dienone is 3. The van der Waals surface area contributed by atoms with Crippen molar-refractivity contribution in [3.8, 4) is 0 Å². The first-order chi connectivity index (χ1) is 8.02. The normalized spacial score (nSPS) is 16.5. The molecule has 0 heterocycles. The highest BCUT2D eigenvalue weighted by atomic mass is 16.4. The first kappa shape index (κ1) is 13.5. The Balaban J connectivity index is 2.78. The monoisotopic (exact) mass is 238 g/mol. The highest BCUT2D eigenvalue weighted by molar-refractivity contribution is 5.92. The topological polar surface area (TPSA) is 74.6 Å². The van der Waals surface area contributed by atoms with Gasteiger partial charge in [0, 0.05) is 5.57 Å². The molecule has 1 rings (SSSR count). The van der Waals surface area contributed by atoms with Gasteiger partial charge in [-0.1, -0.05) is 31.1 Å². The molecule has 1 aliphatic rings. The first-order valence-electron chi connectivity index (χ1n) is 5.88. The second kappa shape index (κ2) is 6.23. The fourth-order valence-corrected chi connectivity index (χ4v) is 1.72. The Morgan fingerprint density at radius 1 is 1.35 bits per heavy atom. The minimum absolute atomic E-state index is 0.0200. The van der Waals surface area contributed by atoms with Crippen LogP contribution in [0.3, 0.4) is 0 Å². The van der Waals surface area contributed by atoms with E-state index >= 15 is 0 Å². The molecule has 1 fully saturated rings. The van der Waals surface area contributed by atoms with Gasteiger partial charge in [0.05, 0.1) is 6.42 Å². The standard InChI is InChI=1S/C13H18O4/c1-2-3-10(6-9-4-5-9)7-11(13(16)17)8-12(14)15/h6-7,10H,2-5,8H2,1H3,(H,14,15)(H,16,17). The van der Waals surface area contributed by atoms with Crippen LogP contribution >= 0.6 is 0 Å². The quantitative estimate of drug-likeness (QED) is 0.528. The van der Waals surface area contributed by atoms with E-state index in [-0.39, 0.29) is 11.5 Å². The highest BCUT2D eigenvalue weighted by Gasteiger charge is 2.17. The molecule has 0 bridgehead atoms. The Kier molecular flexibility index (Phi) is 4.94. The van der Waals surface area contributed by atoms with Gasteiger partial charge in [0.1, 0.15) is 0 Å². The van der Waals surface area contributed by atoms with E-state index in [1.54, 1.807) is 6.08 Å². The van der Waals surface area contributed by atoms with Crippen LogP contribution in [0.25, 0.3) is 0 Å². The van der Waals surface area contributed by atoms with Crippen molar-refractivity contribution in [2.24, 2.45) is 5.92 Å². The predicted octanol–water partition coefficient (Wildman–Crippen LogP) is 2.61. The zero-order valence-corrected chi connectivity index (χ0v) is 9.98. The van der Waals surface area contributed by atoms with E-state index in [1.807, 2.05) is 6.92 Å². The van der Waals surface area contributed by atoms with E-state index in [0.29, 0.717) is 0 Å². The number of carboxylic acid groups (broad SMARTS) is 2. The Labute approximate surface area is 101 Å². The average Bonchev–Trinajstić information content (AvgIpc) is 3.00. The third kappa shape index (κ3) is 5.33. The van der Waals surface area contributed by atoms with Crippen molar-refractivity contribution < 1.29 is 19.8 Å². The second-order valence-electron chi connectivity index (χ2n) is 4.35. The van der Waals surface area contributed by atoms with E-state index in [1.165, 1.54) is 5.57 Å². The second-order valence-corrected chi connectivity index (χ2v) is 4.35. The zero-order chi connectivity index (χ0) is 12.8. The van der Waals surface area contributed by atoms with Crippen molar-refractivity contribution in [3.05, 3.63) is 23.3 Å². The minimum atomic E-state index is -1.14. The summed E-state index contributed by atoms with van der Waals surface area (Å²) >= 11 is 0. The Morgan fingerprint density at radius 2 is 2.00 bits per heavy atom. The first-order valence-corrected chi connectivity index (χ1v) is 5.88. The lowest BCUT2D eigenvalue weighted by molar-refractivity contribution is -0.139. The molecule has 0 aliphatic heterocycles. The van der Waals surface area contributed by atoms with Crippen LogP contribution in [0.15, 0.2) is 23.3 Å². The maximum atomic E-state index is 10.9. The number of carbonyl (C=O) groups is 2. The summed E-state index contributed by atoms with van der Waals surface area (Å²) < 4.78 is 0. The Morgan fingerprint density at radius 3 is 2.41 bits per heavy atom. The van der Waals surface area contributed by atoms with Crippen molar-refractivity contribution in [1.29, 1.82) is 0 Å². The molecular formula is C13H18O4. The fourth-order valence-electron chi connectivity index (χ4n) is 1.72. The molecular weight excluding hydrogens is 220 g/mol. The van der Waals surface area contributed by atoms with Gasteiger partial charge in [0.25, 0.3) is 0 Å². The van der Waals surface area contributed by atoms with Crippen LogP contribution in [0.4, 0.5) is 0 Å². The molecule has 1 aliphatic carbocycles. The summed E-state index contributed by atoms with van der Waals surface area (Å²) in [6.07, 6.45) is 7.24. The lowest BCUT2D eigenvalue weighted by Crippen LogP contribution is -2.08. The smallest absolute Gasteiger partial charge is 0.331 e. The summed E-state index contributed by atoms with van der Waals surface area (Å²) in [5.41, 5.74) is 1.33. The molecule has 0 aromatic heterocycles. The van der Waals surface area contributed by atoms with Crippen LogP contribution in [-0.2, 0) is 9.59 Å². The molecule has 1 atom stereocenters. The Bertz CT molecular complexity index is 360. The van der Waals surface area contributed by atoms with Crippen molar-refractivity contribution in [1.82, 2.24) is 0 Å². The third-order valence-corrected chi connectivity index (χ3v) is 2.64. The van der Waals surface area contributed by atoms with Crippen molar-refractivity contribution in [3.63, 3.8) is 0 Å². The van der Waals surface area contributed by atoms with E-state index in [2.05, 4.69) is 6.08 Å². The van der Waals surface area contributed by atoms with Crippen LogP contribution < -0.4 is 0 Å². The minimum Gasteiger partial charge on any atom is -0.481 e. The van der Waals surface area contributed by atoms with Gasteiger partial charge in [0.2, 0.25) is 0 Å². The van der Waals surface area contributed by atoms with Crippen LogP contribution in [0.5, 0.6) is 0 Å². The van der Waals surface area contributed by atoms with E-state index in [0.717, 1.165) is 25.7 Å².